The minimum absolute atomic E-state index is 0.119. The Labute approximate surface area is 205 Å². The highest BCUT2D eigenvalue weighted by molar-refractivity contribution is 7.98. The van der Waals surface area contributed by atoms with Gasteiger partial charge in [-0.1, -0.05) is 72.4 Å². The van der Waals surface area contributed by atoms with Gasteiger partial charge in [0.25, 0.3) is 5.91 Å². The molecule has 5 rings (SSSR count). The third-order valence-corrected chi connectivity index (χ3v) is 6.62. The van der Waals surface area contributed by atoms with E-state index < -0.39 is 23.5 Å². The Kier molecular flexibility index (Phi) is 6.24. The summed E-state index contributed by atoms with van der Waals surface area (Å²) in [7, 11) is 1.55. The number of halogens is 1. The summed E-state index contributed by atoms with van der Waals surface area (Å²) >= 11 is 1.40. The molecule has 1 aromatic heterocycles. The number of aliphatic hydroxyl groups excluding tert-OH is 1. The van der Waals surface area contributed by atoms with Crippen LogP contribution >= 0.6 is 11.8 Å². The van der Waals surface area contributed by atoms with Gasteiger partial charge in [-0.3, -0.25) is 9.69 Å². The Morgan fingerprint density at radius 1 is 1.06 bits per heavy atom. The largest absolute Gasteiger partial charge is 0.503 e. The van der Waals surface area contributed by atoms with E-state index in [-0.39, 0.29) is 17.1 Å². The average molecular weight is 489 g/mol. The smallest absolute Gasteiger partial charge is 0.296 e. The molecule has 0 bridgehead atoms. The predicted molar refractivity (Wildman–Crippen MR) is 132 cm³/mol. The molecule has 4 aromatic rings. The Hall–Kier alpha value is -4.11. The summed E-state index contributed by atoms with van der Waals surface area (Å²) in [6, 6.07) is 21.9. The van der Waals surface area contributed by atoms with Crippen LogP contribution in [0, 0.1) is 5.82 Å². The number of ether oxygens (including phenoxy) is 1. The highest BCUT2D eigenvalue weighted by Gasteiger charge is 2.44. The molecule has 1 aliphatic rings. The molecule has 1 amide bonds. The maximum absolute atomic E-state index is 15.0. The fourth-order valence-electron chi connectivity index (χ4n) is 4.01. The lowest BCUT2D eigenvalue weighted by atomic mass is 9.93. The molecule has 0 fully saturated rings. The second-order valence-corrected chi connectivity index (χ2v) is 8.75. The number of carbonyl (C=O) groups excluding carboxylic acids is 1. The van der Waals surface area contributed by atoms with Gasteiger partial charge in [-0.15, -0.1) is 5.10 Å². The summed E-state index contributed by atoms with van der Waals surface area (Å²) in [5.74, 6) is -0.294. The van der Waals surface area contributed by atoms with Crippen molar-refractivity contribution in [3.05, 3.63) is 107 Å². The summed E-state index contributed by atoms with van der Waals surface area (Å²) < 4.78 is 20.2. The van der Waals surface area contributed by atoms with Gasteiger partial charge in [-0.2, -0.15) is 4.98 Å². The molecule has 9 heteroatoms. The van der Waals surface area contributed by atoms with E-state index in [1.165, 1.54) is 22.7 Å². The van der Waals surface area contributed by atoms with Gasteiger partial charge in [0.15, 0.2) is 5.76 Å². The highest BCUT2D eigenvalue weighted by Crippen LogP contribution is 2.45. The van der Waals surface area contributed by atoms with Crippen LogP contribution in [-0.2, 0) is 10.5 Å². The molecular weight excluding hydrogens is 467 g/mol. The number of aliphatic hydroxyl groups is 1. The number of carbonyl (C=O) groups is 1. The van der Waals surface area contributed by atoms with Crippen molar-refractivity contribution in [3.8, 4) is 5.75 Å². The monoisotopic (exact) mass is 488 g/mol. The Balaban J connectivity index is 1.52. The van der Waals surface area contributed by atoms with E-state index in [9.17, 15) is 14.3 Å². The minimum Gasteiger partial charge on any atom is -0.503 e. The van der Waals surface area contributed by atoms with Gasteiger partial charge in [0, 0.05) is 16.9 Å². The second kappa shape index (κ2) is 9.63. The van der Waals surface area contributed by atoms with E-state index in [4.69, 9.17) is 4.74 Å². The Bertz CT molecular complexity index is 1390. The number of anilines is 1. The number of benzene rings is 3. The Morgan fingerprint density at radius 3 is 2.49 bits per heavy atom. The number of aromatic nitrogens is 3. The normalized spacial score (nSPS) is 15.7. The number of nitrogens with one attached hydrogen (secondary N) is 1. The molecule has 3 aromatic carbocycles. The second-order valence-electron chi connectivity index (χ2n) is 7.81. The van der Waals surface area contributed by atoms with Crippen molar-refractivity contribution in [2.24, 2.45) is 0 Å². The van der Waals surface area contributed by atoms with Crippen LogP contribution in [-0.4, -0.2) is 33.3 Å². The molecule has 0 radical (unpaired) electrons. The molecular formula is C26H21FN4O3S. The lowest BCUT2D eigenvalue weighted by Crippen LogP contribution is -2.31. The quantitative estimate of drug-likeness (QED) is 0.343. The van der Waals surface area contributed by atoms with Crippen LogP contribution in [0.15, 0.2) is 89.8 Å². The summed E-state index contributed by atoms with van der Waals surface area (Å²) in [6.07, 6.45) is 0. The standard InChI is InChI=1S/C26H21FN4O3S/c1-34-18-13-11-17(12-14-18)21-22(19-9-5-6-10-20(19)27)31(24(33)23(21)32)25-28-26(30-29-25)35-15-16-7-3-2-4-8-16/h2-14,22,32H,15H2,1H3,(H,28,29,30). The van der Waals surface area contributed by atoms with Crippen LogP contribution in [0.5, 0.6) is 5.75 Å². The van der Waals surface area contributed by atoms with E-state index in [1.54, 1.807) is 49.6 Å². The number of hydrogen-bond donors (Lipinski definition) is 2. The van der Waals surface area contributed by atoms with Gasteiger partial charge in [0.2, 0.25) is 11.1 Å². The lowest BCUT2D eigenvalue weighted by Gasteiger charge is -2.25. The fourth-order valence-corrected chi connectivity index (χ4v) is 4.76. The van der Waals surface area contributed by atoms with Crippen molar-refractivity contribution in [2.45, 2.75) is 17.0 Å². The van der Waals surface area contributed by atoms with Gasteiger partial charge >= 0.3 is 0 Å². The van der Waals surface area contributed by atoms with Crippen LogP contribution in [0.1, 0.15) is 22.7 Å². The van der Waals surface area contributed by atoms with E-state index in [2.05, 4.69) is 15.2 Å². The number of amides is 1. The average Bonchev–Trinajstić information content (AvgIpc) is 3.46. The molecule has 2 N–H and O–H groups in total. The number of rotatable bonds is 7. The van der Waals surface area contributed by atoms with Crippen molar-refractivity contribution in [2.75, 3.05) is 12.0 Å². The molecule has 2 heterocycles. The molecule has 176 valence electrons. The van der Waals surface area contributed by atoms with Gasteiger partial charge in [-0.05, 0) is 29.3 Å². The molecule has 0 aliphatic carbocycles. The van der Waals surface area contributed by atoms with E-state index in [1.807, 2.05) is 30.3 Å². The number of methoxy groups -OCH3 is 1. The maximum Gasteiger partial charge on any atom is 0.296 e. The van der Waals surface area contributed by atoms with Gasteiger partial charge in [0.05, 0.1) is 13.2 Å². The molecule has 0 spiro atoms. The Morgan fingerprint density at radius 2 is 1.77 bits per heavy atom. The molecule has 0 saturated heterocycles. The zero-order chi connectivity index (χ0) is 24.4. The molecule has 35 heavy (non-hydrogen) atoms. The summed E-state index contributed by atoms with van der Waals surface area (Å²) in [5.41, 5.74) is 2.17. The van der Waals surface area contributed by atoms with Crippen molar-refractivity contribution >= 4 is 29.2 Å². The zero-order valence-corrected chi connectivity index (χ0v) is 19.5. The van der Waals surface area contributed by atoms with Crippen LogP contribution in [0.4, 0.5) is 10.3 Å². The van der Waals surface area contributed by atoms with E-state index >= 15 is 0 Å². The molecule has 0 saturated carbocycles. The molecule has 1 atom stereocenters. The van der Waals surface area contributed by atoms with Gasteiger partial charge in [0.1, 0.15) is 11.6 Å². The zero-order valence-electron chi connectivity index (χ0n) is 18.7. The van der Waals surface area contributed by atoms with Crippen molar-refractivity contribution < 1.29 is 19.0 Å². The van der Waals surface area contributed by atoms with E-state index in [0.29, 0.717) is 22.2 Å². The summed E-state index contributed by atoms with van der Waals surface area (Å²) in [4.78, 5) is 19.0. The van der Waals surface area contributed by atoms with Crippen LogP contribution < -0.4 is 9.64 Å². The first-order valence-corrected chi connectivity index (χ1v) is 11.8. The van der Waals surface area contributed by atoms with Gasteiger partial charge in [-0.25, -0.2) is 9.49 Å². The number of H-pyrrole nitrogens is 1. The third kappa shape index (κ3) is 4.38. The van der Waals surface area contributed by atoms with Gasteiger partial charge < -0.3 is 9.84 Å². The lowest BCUT2D eigenvalue weighted by molar-refractivity contribution is -0.117. The number of aromatic amines is 1. The number of hydrogen-bond acceptors (Lipinski definition) is 6. The summed E-state index contributed by atoms with van der Waals surface area (Å²) in [6.45, 7) is 0. The van der Waals surface area contributed by atoms with Crippen molar-refractivity contribution in [3.63, 3.8) is 0 Å². The first-order valence-electron chi connectivity index (χ1n) is 10.8. The molecule has 1 aliphatic heterocycles. The number of thioether (sulfide) groups is 1. The van der Waals surface area contributed by atoms with Crippen LogP contribution in [0.2, 0.25) is 0 Å². The SMILES string of the molecule is COc1ccc(C2=C(O)C(=O)N(c3nc(SCc4ccccc4)n[nH]3)C2c2ccccc2F)cc1. The third-order valence-electron chi connectivity index (χ3n) is 5.70. The van der Waals surface area contributed by atoms with Crippen LogP contribution in [0.25, 0.3) is 5.57 Å². The predicted octanol–water partition coefficient (Wildman–Crippen LogP) is 5.30. The summed E-state index contributed by atoms with van der Waals surface area (Å²) in [5, 5.41) is 18.4. The minimum atomic E-state index is -0.947. The van der Waals surface area contributed by atoms with Crippen molar-refractivity contribution in [1.29, 1.82) is 0 Å². The highest BCUT2D eigenvalue weighted by atomic mass is 32.2. The fraction of sp³-hybridized carbons (Fsp3) is 0.115. The molecule has 1 unspecified atom stereocenters. The first kappa shape index (κ1) is 22.7. The molecule has 7 nitrogen and oxygen atoms in total. The number of nitrogens with zero attached hydrogens (tertiary/aromatic N) is 3. The van der Waals surface area contributed by atoms with Crippen LogP contribution in [0.3, 0.4) is 0 Å². The van der Waals surface area contributed by atoms with Crippen molar-refractivity contribution in [1.82, 2.24) is 15.2 Å². The van der Waals surface area contributed by atoms with E-state index in [0.717, 1.165) is 5.56 Å². The maximum atomic E-state index is 15.0. The first-order chi connectivity index (χ1) is 17.1. The topological polar surface area (TPSA) is 91.3 Å².